The van der Waals surface area contributed by atoms with Crippen molar-refractivity contribution in [1.29, 1.82) is 0 Å². The molecule has 0 aliphatic heterocycles. The van der Waals surface area contributed by atoms with Crippen LogP contribution in [-0.4, -0.2) is 20.1 Å². The fourth-order valence-electron chi connectivity index (χ4n) is 1.18. The minimum atomic E-state index is -3.38. The lowest BCUT2D eigenvalue weighted by molar-refractivity contribution is 0.598. The Morgan fingerprint density at radius 1 is 1.18 bits per heavy atom. The minimum Gasteiger partial charge on any atom is -0.282 e. The summed E-state index contributed by atoms with van der Waals surface area (Å²) in [5.74, 6) is 0.482. The number of halogens is 3. The zero-order chi connectivity index (χ0) is 12.9. The van der Waals surface area contributed by atoms with E-state index in [4.69, 9.17) is 34.8 Å². The molecule has 0 aliphatic rings. The maximum atomic E-state index is 11.7. The highest BCUT2D eigenvalue weighted by Crippen LogP contribution is 2.26. The van der Waals surface area contributed by atoms with Crippen LogP contribution >= 0.6 is 34.8 Å². The lowest BCUT2D eigenvalue weighted by atomic mass is 10.3. The van der Waals surface area contributed by atoms with Crippen molar-refractivity contribution in [2.45, 2.75) is 12.8 Å². The normalized spacial score (nSPS) is 11.5. The second-order valence-electron chi connectivity index (χ2n) is 3.44. The Hall–Kier alpha value is -0.160. The smallest absolute Gasteiger partial charge is 0.232 e. The Kier molecular flexibility index (Phi) is 5.86. The highest BCUT2D eigenvalue weighted by Gasteiger charge is 2.12. The van der Waals surface area contributed by atoms with E-state index < -0.39 is 10.0 Å². The number of sulfonamides is 1. The molecule has 0 unspecified atom stereocenters. The first-order valence-corrected chi connectivity index (χ1v) is 7.90. The molecule has 1 N–H and O–H groups in total. The predicted molar refractivity (Wildman–Crippen MR) is 73.8 cm³/mol. The molecule has 1 aromatic carbocycles. The van der Waals surface area contributed by atoms with Gasteiger partial charge >= 0.3 is 0 Å². The Morgan fingerprint density at radius 2 is 1.88 bits per heavy atom. The molecule has 96 valence electrons. The maximum absolute atomic E-state index is 11.7. The van der Waals surface area contributed by atoms with Gasteiger partial charge in [0.25, 0.3) is 0 Å². The third kappa shape index (κ3) is 5.34. The zero-order valence-electron chi connectivity index (χ0n) is 8.92. The van der Waals surface area contributed by atoms with E-state index in [1.807, 2.05) is 0 Å². The number of nitrogens with one attached hydrogen (secondary N) is 1. The number of hydrogen-bond acceptors (Lipinski definition) is 2. The van der Waals surface area contributed by atoms with Gasteiger partial charge < -0.3 is 0 Å². The molecule has 0 heterocycles. The molecule has 0 saturated carbocycles. The average Bonchev–Trinajstić information content (AvgIpc) is 2.22. The first kappa shape index (κ1) is 14.9. The fraction of sp³-hybridized carbons (Fsp3) is 0.400. The van der Waals surface area contributed by atoms with Crippen LogP contribution in [0.5, 0.6) is 0 Å². The summed E-state index contributed by atoms with van der Waals surface area (Å²) in [5.41, 5.74) is 0.335. The van der Waals surface area contributed by atoms with Gasteiger partial charge in [-0.1, -0.05) is 23.2 Å². The van der Waals surface area contributed by atoms with Crippen molar-refractivity contribution in [3.8, 4) is 0 Å². The molecule has 1 aromatic rings. The molecule has 0 saturated heterocycles. The summed E-state index contributed by atoms with van der Waals surface area (Å²) in [6.07, 6.45) is 1.18. The van der Waals surface area contributed by atoms with Crippen LogP contribution in [0.25, 0.3) is 0 Å². The summed E-state index contributed by atoms with van der Waals surface area (Å²) >= 11 is 17.1. The molecule has 3 nitrogen and oxygen atoms in total. The van der Waals surface area contributed by atoms with E-state index in [1.54, 1.807) is 6.07 Å². The van der Waals surface area contributed by atoms with Crippen LogP contribution < -0.4 is 4.72 Å². The highest BCUT2D eigenvalue weighted by molar-refractivity contribution is 7.92. The number of hydrogen-bond donors (Lipinski definition) is 1. The van der Waals surface area contributed by atoms with Gasteiger partial charge in [-0.05, 0) is 31.0 Å². The van der Waals surface area contributed by atoms with Crippen LogP contribution in [0.15, 0.2) is 18.2 Å². The summed E-state index contributed by atoms with van der Waals surface area (Å²) in [7, 11) is -3.38. The van der Waals surface area contributed by atoms with Crippen LogP contribution in [0.3, 0.4) is 0 Å². The van der Waals surface area contributed by atoms with E-state index in [0.29, 0.717) is 29.4 Å². The van der Waals surface area contributed by atoms with E-state index in [9.17, 15) is 8.42 Å². The van der Waals surface area contributed by atoms with Crippen molar-refractivity contribution in [2.75, 3.05) is 16.4 Å². The Labute approximate surface area is 116 Å². The summed E-state index contributed by atoms with van der Waals surface area (Å²) < 4.78 is 25.7. The average molecular weight is 317 g/mol. The Morgan fingerprint density at radius 3 is 2.47 bits per heavy atom. The molecule has 0 aliphatic carbocycles. The number of anilines is 1. The monoisotopic (exact) mass is 315 g/mol. The summed E-state index contributed by atoms with van der Waals surface area (Å²) in [4.78, 5) is 0. The van der Waals surface area contributed by atoms with E-state index in [-0.39, 0.29) is 10.8 Å². The van der Waals surface area contributed by atoms with Crippen LogP contribution in [0.4, 0.5) is 5.69 Å². The summed E-state index contributed by atoms with van der Waals surface area (Å²) in [6, 6.07) is 4.59. The molecular formula is C10H12Cl3NO2S. The van der Waals surface area contributed by atoms with Crippen molar-refractivity contribution in [1.82, 2.24) is 0 Å². The lowest BCUT2D eigenvalue weighted by Gasteiger charge is -2.09. The number of rotatable bonds is 6. The van der Waals surface area contributed by atoms with Crippen molar-refractivity contribution in [3.05, 3.63) is 28.2 Å². The molecule has 0 spiro atoms. The molecule has 17 heavy (non-hydrogen) atoms. The minimum absolute atomic E-state index is 0.0265. The van der Waals surface area contributed by atoms with Gasteiger partial charge in [-0.2, -0.15) is 0 Å². The SMILES string of the molecule is O=S(=O)(CCCCCl)Nc1ccc(Cl)cc1Cl. The molecule has 0 fully saturated rings. The van der Waals surface area contributed by atoms with Crippen molar-refractivity contribution >= 4 is 50.5 Å². The van der Waals surface area contributed by atoms with Crippen LogP contribution in [-0.2, 0) is 10.0 Å². The molecule has 1 rings (SSSR count). The van der Waals surface area contributed by atoms with E-state index in [0.717, 1.165) is 0 Å². The van der Waals surface area contributed by atoms with E-state index >= 15 is 0 Å². The van der Waals surface area contributed by atoms with Gasteiger partial charge in [0.1, 0.15) is 0 Å². The lowest BCUT2D eigenvalue weighted by Crippen LogP contribution is -2.17. The largest absolute Gasteiger partial charge is 0.282 e. The molecule has 0 atom stereocenters. The molecular weight excluding hydrogens is 305 g/mol. The third-order valence-electron chi connectivity index (χ3n) is 1.99. The van der Waals surface area contributed by atoms with Crippen LogP contribution in [0, 0.1) is 0 Å². The van der Waals surface area contributed by atoms with Gasteiger partial charge in [0, 0.05) is 10.9 Å². The Balaban J connectivity index is 2.69. The highest BCUT2D eigenvalue weighted by atomic mass is 35.5. The van der Waals surface area contributed by atoms with Crippen LogP contribution in [0.2, 0.25) is 10.0 Å². The van der Waals surface area contributed by atoms with Gasteiger partial charge in [-0.25, -0.2) is 8.42 Å². The van der Waals surface area contributed by atoms with Gasteiger partial charge in [-0.3, -0.25) is 4.72 Å². The molecule has 0 amide bonds. The number of unbranched alkanes of at least 4 members (excludes halogenated alkanes) is 1. The van der Waals surface area contributed by atoms with Gasteiger partial charge in [0.15, 0.2) is 0 Å². The van der Waals surface area contributed by atoms with Crippen LogP contribution in [0.1, 0.15) is 12.8 Å². The van der Waals surface area contributed by atoms with Gasteiger partial charge in [-0.15, -0.1) is 11.6 Å². The number of alkyl halides is 1. The third-order valence-corrected chi connectivity index (χ3v) is 4.17. The molecule has 0 radical (unpaired) electrons. The molecule has 0 aromatic heterocycles. The van der Waals surface area contributed by atoms with E-state index in [1.165, 1.54) is 12.1 Å². The Bertz CT molecular complexity index is 476. The topological polar surface area (TPSA) is 46.2 Å². The number of benzene rings is 1. The predicted octanol–water partition coefficient (Wildman–Crippen LogP) is 3.75. The first-order valence-electron chi connectivity index (χ1n) is 4.96. The summed E-state index contributed by atoms with van der Waals surface area (Å²) in [5, 5.41) is 0.735. The fourth-order valence-corrected chi connectivity index (χ4v) is 3.08. The zero-order valence-corrected chi connectivity index (χ0v) is 12.0. The second kappa shape index (κ2) is 6.69. The standard InChI is InChI=1S/C10H12Cl3NO2S/c11-5-1-2-6-17(15,16)14-10-4-3-8(12)7-9(10)13/h3-4,7,14H,1-2,5-6H2. The maximum Gasteiger partial charge on any atom is 0.232 e. The molecule has 0 bridgehead atoms. The summed E-state index contributed by atoms with van der Waals surface area (Å²) in [6.45, 7) is 0. The van der Waals surface area contributed by atoms with E-state index in [2.05, 4.69) is 4.72 Å². The van der Waals surface area contributed by atoms with Crippen molar-refractivity contribution < 1.29 is 8.42 Å². The van der Waals surface area contributed by atoms with Gasteiger partial charge in [0.2, 0.25) is 10.0 Å². The second-order valence-corrected chi connectivity index (χ2v) is 6.50. The van der Waals surface area contributed by atoms with Crippen molar-refractivity contribution in [2.24, 2.45) is 0 Å². The first-order chi connectivity index (χ1) is 7.94. The molecule has 7 heteroatoms. The quantitative estimate of drug-likeness (QED) is 0.641. The van der Waals surface area contributed by atoms with Gasteiger partial charge in [0.05, 0.1) is 16.5 Å². The van der Waals surface area contributed by atoms with Crippen molar-refractivity contribution in [3.63, 3.8) is 0 Å².